The maximum absolute atomic E-state index is 8.09. The van der Waals surface area contributed by atoms with E-state index in [0.29, 0.717) is 6.54 Å². The van der Waals surface area contributed by atoms with Gasteiger partial charge in [-0.05, 0) is 70.9 Å². The highest BCUT2D eigenvalue weighted by Gasteiger charge is 2.52. The second-order valence-electron chi connectivity index (χ2n) is 16.3. The van der Waals surface area contributed by atoms with Gasteiger partial charge in [-0.25, -0.2) is 0 Å². The Hall–Kier alpha value is -4.84. The number of rotatable bonds is 13. The summed E-state index contributed by atoms with van der Waals surface area (Å²) in [5, 5.41) is 8.86. The minimum Gasteiger partial charge on any atom is -0.329 e. The molecule has 2 fully saturated rings. The monoisotopic (exact) mass is 738 g/mol. The lowest BCUT2D eigenvalue weighted by Gasteiger charge is -2.55. The highest BCUT2D eigenvalue weighted by atomic mass is 15.1. The van der Waals surface area contributed by atoms with E-state index in [4.69, 9.17) is 11.5 Å². The first-order valence-electron chi connectivity index (χ1n) is 21.0. The first kappa shape index (κ1) is 38.1. The fraction of sp³-hybridized carbons (Fsp3) is 0.308. The lowest BCUT2D eigenvalue weighted by atomic mass is 9.60. The van der Waals surface area contributed by atoms with Crippen LogP contribution in [0.5, 0.6) is 0 Å². The van der Waals surface area contributed by atoms with Crippen molar-refractivity contribution >= 4 is 0 Å². The average molecular weight is 739 g/mol. The summed E-state index contributed by atoms with van der Waals surface area (Å²) >= 11 is 0. The van der Waals surface area contributed by atoms with Crippen molar-refractivity contribution in [2.45, 2.75) is 80.1 Å². The molecule has 56 heavy (non-hydrogen) atoms. The lowest BCUT2D eigenvalue weighted by molar-refractivity contribution is 0.0525. The third kappa shape index (κ3) is 7.16. The van der Waals surface area contributed by atoms with Crippen molar-refractivity contribution in [3.63, 3.8) is 0 Å². The molecule has 0 unspecified atom stereocenters. The van der Waals surface area contributed by atoms with Crippen molar-refractivity contribution in [1.29, 1.82) is 0 Å². The fourth-order valence-electron chi connectivity index (χ4n) is 10.7. The molecule has 2 aliphatic carbocycles. The molecule has 0 saturated heterocycles. The Kier molecular flexibility index (Phi) is 11.6. The molecule has 8 rings (SSSR count). The number of hydrogen-bond acceptors (Lipinski definition) is 4. The van der Waals surface area contributed by atoms with Crippen LogP contribution in [0.3, 0.4) is 0 Å². The maximum Gasteiger partial charge on any atom is 0.0950 e. The van der Waals surface area contributed by atoms with Gasteiger partial charge in [-0.3, -0.25) is 10.6 Å². The van der Waals surface area contributed by atoms with E-state index in [0.717, 1.165) is 51.4 Å². The normalized spacial score (nSPS) is 20.7. The van der Waals surface area contributed by atoms with Crippen LogP contribution in [0.2, 0.25) is 0 Å². The van der Waals surface area contributed by atoms with Gasteiger partial charge >= 0.3 is 0 Å². The molecule has 0 aliphatic heterocycles. The van der Waals surface area contributed by atoms with E-state index in [1.54, 1.807) is 0 Å². The van der Waals surface area contributed by atoms with Crippen LogP contribution in [0, 0.1) is 11.8 Å². The van der Waals surface area contributed by atoms with Crippen LogP contribution < -0.4 is 22.1 Å². The van der Waals surface area contributed by atoms with E-state index in [1.807, 2.05) is 0 Å². The molecule has 6 aromatic rings. The molecule has 0 radical (unpaired) electrons. The van der Waals surface area contributed by atoms with Gasteiger partial charge in [0, 0.05) is 24.2 Å². The molecule has 286 valence electrons. The second-order valence-corrected chi connectivity index (χ2v) is 16.3. The molecule has 0 amide bonds. The van der Waals surface area contributed by atoms with E-state index in [9.17, 15) is 0 Å². The molecule has 4 heteroatoms. The predicted octanol–water partition coefficient (Wildman–Crippen LogP) is 9.92. The SMILES string of the molecule is NCC(N)([C@@H]1CCCC[C@H]1NC(c1ccccc1)(c1ccccc1)c1ccccc1)[C@@H]1CCCC[C@H]1NC(c1ccccc1)(c1ccccc1)c1ccccc1. The van der Waals surface area contributed by atoms with Crippen molar-refractivity contribution in [1.82, 2.24) is 10.6 Å². The van der Waals surface area contributed by atoms with Crippen molar-refractivity contribution in [3.05, 3.63) is 215 Å². The first-order chi connectivity index (χ1) is 27.6. The van der Waals surface area contributed by atoms with Gasteiger partial charge in [-0.15, -0.1) is 0 Å². The molecule has 0 spiro atoms. The average Bonchev–Trinajstić information content (AvgIpc) is 3.29. The molecule has 4 nitrogen and oxygen atoms in total. The van der Waals surface area contributed by atoms with E-state index < -0.39 is 16.6 Å². The Labute approximate surface area is 334 Å². The topological polar surface area (TPSA) is 76.1 Å². The van der Waals surface area contributed by atoms with Gasteiger partial charge in [0.15, 0.2) is 0 Å². The van der Waals surface area contributed by atoms with Crippen molar-refractivity contribution in [2.24, 2.45) is 23.3 Å². The minimum atomic E-state index is -0.609. The fourth-order valence-corrected chi connectivity index (χ4v) is 10.7. The zero-order valence-electron chi connectivity index (χ0n) is 32.6. The summed E-state index contributed by atoms with van der Waals surface area (Å²) in [7, 11) is 0. The highest BCUT2D eigenvalue weighted by molar-refractivity contribution is 5.51. The summed E-state index contributed by atoms with van der Waals surface area (Å²) in [4.78, 5) is 0. The van der Waals surface area contributed by atoms with Crippen LogP contribution in [0.4, 0.5) is 0 Å². The number of benzene rings is 6. The zero-order chi connectivity index (χ0) is 38.3. The van der Waals surface area contributed by atoms with E-state index >= 15 is 0 Å². The third-order valence-electron chi connectivity index (χ3n) is 13.3. The molecule has 0 bridgehead atoms. The van der Waals surface area contributed by atoms with Gasteiger partial charge in [0.2, 0.25) is 0 Å². The predicted molar refractivity (Wildman–Crippen MR) is 232 cm³/mol. The molecule has 6 aromatic carbocycles. The van der Waals surface area contributed by atoms with Crippen LogP contribution in [0.15, 0.2) is 182 Å². The number of nitrogens with two attached hydrogens (primary N) is 2. The largest absolute Gasteiger partial charge is 0.329 e. The van der Waals surface area contributed by atoms with Crippen LogP contribution in [-0.4, -0.2) is 24.2 Å². The molecule has 2 saturated carbocycles. The van der Waals surface area contributed by atoms with Gasteiger partial charge < -0.3 is 11.5 Å². The number of nitrogens with one attached hydrogen (secondary N) is 2. The van der Waals surface area contributed by atoms with Crippen LogP contribution in [-0.2, 0) is 11.1 Å². The van der Waals surface area contributed by atoms with Crippen molar-refractivity contribution in [3.8, 4) is 0 Å². The molecular weight excluding hydrogens is 681 g/mol. The quantitative estimate of drug-likeness (QED) is 0.0891. The molecular formula is C52H58N4. The van der Waals surface area contributed by atoms with E-state index in [-0.39, 0.29) is 23.9 Å². The van der Waals surface area contributed by atoms with Crippen LogP contribution >= 0.6 is 0 Å². The lowest BCUT2D eigenvalue weighted by Crippen LogP contribution is -2.70. The zero-order valence-corrected chi connectivity index (χ0v) is 32.6. The van der Waals surface area contributed by atoms with Crippen molar-refractivity contribution in [2.75, 3.05) is 6.54 Å². The Bertz CT molecular complexity index is 1730. The summed E-state index contributed by atoms with van der Waals surface area (Å²) in [5.74, 6) is 0.340. The minimum absolute atomic E-state index is 0.141. The Morgan fingerprint density at radius 1 is 0.375 bits per heavy atom. The molecule has 6 N–H and O–H groups in total. The Morgan fingerprint density at radius 2 is 0.607 bits per heavy atom. The Balaban J connectivity index is 1.23. The molecule has 4 atom stereocenters. The van der Waals surface area contributed by atoms with Gasteiger partial charge in [0.1, 0.15) is 0 Å². The van der Waals surface area contributed by atoms with Gasteiger partial charge in [0.05, 0.1) is 11.1 Å². The third-order valence-corrected chi connectivity index (χ3v) is 13.3. The van der Waals surface area contributed by atoms with E-state index in [2.05, 4.69) is 193 Å². The highest BCUT2D eigenvalue weighted by Crippen LogP contribution is 2.47. The van der Waals surface area contributed by atoms with E-state index in [1.165, 1.54) is 33.4 Å². The standard InChI is InChI=1S/C52H58N4/c53-39-50(54,46-35-19-21-37-48(46)55-51(40-23-7-1-8-24-40,41-25-9-2-10-26-41)42-27-11-3-12-28-42)47-36-20-22-38-49(47)56-52(43-29-13-4-14-30-43,44-31-15-5-16-32-44)45-33-17-6-18-34-45/h1-18,23-34,46-49,55-56H,19-22,35-39,53-54H2/t46-,47-,48-,49-/m1/s1. The van der Waals surface area contributed by atoms with Gasteiger partial charge in [-0.1, -0.05) is 208 Å². The summed E-state index contributed by atoms with van der Waals surface area (Å²) in [6, 6.07) is 66.3. The molecule has 0 aromatic heterocycles. The Morgan fingerprint density at radius 3 is 0.839 bits per heavy atom. The smallest absolute Gasteiger partial charge is 0.0950 e. The summed E-state index contributed by atoms with van der Waals surface area (Å²) in [5.41, 5.74) is 20.8. The molecule has 2 aliphatic rings. The summed E-state index contributed by atoms with van der Waals surface area (Å²) < 4.78 is 0. The van der Waals surface area contributed by atoms with Crippen molar-refractivity contribution < 1.29 is 0 Å². The second kappa shape index (κ2) is 17.1. The summed E-state index contributed by atoms with van der Waals surface area (Å²) in [6.45, 7) is 0.433. The summed E-state index contributed by atoms with van der Waals surface area (Å²) in [6.07, 6.45) is 8.82. The van der Waals surface area contributed by atoms with Gasteiger partial charge in [0.25, 0.3) is 0 Å². The van der Waals surface area contributed by atoms with Gasteiger partial charge in [-0.2, -0.15) is 0 Å². The van der Waals surface area contributed by atoms with Crippen LogP contribution in [0.1, 0.15) is 84.7 Å². The number of hydrogen-bond donors (Lipinski definition) is 4. The van der Waals surface area contributed by atoms with Crippen LogP contribution in [0.25, 0.3) is 0 Å². The maximum atomic E-state index is 8.09. The molecule has 0 heterocycles. The first-order valence-corrected chi connectivity index (χ1v) is 21.0.